The SMILES string of the molecule is CCOc1ccc(Oc2cc(CNc3cccc(C)n3)ccn2)cc1. The number of aromatic nitrogens is 2. The first-order chi connectivity index (χ1) is 12.2. The highest BCUT2D eigenvalue weighted by molar-refractivity contribution is 5.38. The molecule has 0 spiro atoms. The molecule has 0 unspecified atom stereocenters. The summed E-state index contributed by atoms with van der Waals surface area (Å²) in [7, 11) is 0. The number of rotatable bonds is 7. The van der Waals surface area contributed by atoms with Crippen molar-refractivity contribution in [1.82, 2.24) is 9.97 Å². The van der Waals surface area contributed by atoms with E-state index in [1.807, 2.05) is 68.4 Å². The second-order valence-electron chi connectivity index (χ2n) is 5.53. The lowest BCUT2D eigenvalue weighted by molar-refractivity contribution is 0.339. The first-order valence-corrected chi connectivity index (χ1v) is 8.26. The van der Waals surface area contributed by atoms with Gasteiger partial charge in [-0.15, -0.1) is 0 Å². The van der Waals surface area contributed by atoms with Crippen LogP contribution in [0, 0.1) is 6.92 Å². The Morgan fingerprint density at radius 1 is 1.00 bits per heavy atom. The number of nitrogens with one attached hydrogen (secondary N) is 1. The zero-order valence-electron chi connectivity index (χ0n) is 14.4. The first kappa shape index (κ1) is 16.8. The van der Waals surface area contributed by atoms with Crippen LogP contribution in [-0.2, 0) is 6.54 Å². The molecule has 0 radical (unpaired) electrons. The Hall–Kier alpha value is -3.08. The normalized spacial score (nSPS) is 10.3. The molecule has 1 N–H and O–H groups in total. The maximum absolute atomic E-state index is 5.81. The summed E-state index contributed by atoms with van der Waals surface area (Å²) in [5.41, 5.74) is 2.05. The van der Waals surface area contributed by atoms with Crippen molar-refractivity contribution in [3.63, 3.8) is 0 Å². The molecule has 0 amide bonds. The third-order valence-corrected chi connectivity index (χ3v) is 3.52. The first-order valence-electron chi connectivity index (χ1n) is 8.26. The third kappa shape index (κ3) is 4.94. The van der Waals surface area contributed by atoms with Gasteiger partial charge in [0.25, 0.3) is 0 Å². The van der Waals surface area contributed by atoms with Gasteiger partial charge in [0, 0.05) is 24.5 Å². The van der Waals surface area contributed by atoms with Crippen LogP contribution in [-0.4, -0.2) is 16.6 Å². The molecule has 5 nitrogen and oxygen atoms in total. The molecule has 0 saturated carbocycles. The van der Waals surface area contributed by atoms with Gasteiger partial charge in [0.1, 0.15) is 17.3 Å². The van der Waals surface area contributed by atoms with Crippen LogP contribution in [0.2, 0.25) is 0 Å². The largest absolute Gasteiger partial charge is 0.494 e. The Bertz CT molecular complexity index is 819. The number of hydrogen-bond donors (Lipinski definition) is 1. The van der Waals surface area contributed by atoms with E-state index in [1.165, 1.54) is 0 Å². The Morgan fingerprint density at radius 3 is 2.56 bits per heavy atom. The van der Waals surface area contributed by atoms with E-state index in [2.05, 4.69) is 15.3 Å². The van der Waals surface area contributed by atoms with Crippen LogP contribution in [0.4, 0.5) is 5.82 Å². The molecule has 128 valence electrons. The van der Waals surface area contributed by atoms with Gasteiger partial charge < -0.3 is 14.8 Å². The Balaban J connectivity index is 1.62. The number of anilines is 1. The van der Waals surface area contributed by atoms with Crippen LogP contribution in [0.25, 0.3) is 0 Å². The minimum atomic E-state index is 0.556. The Kier molecular flexibility index (Phi) is 5.46. The number of benzene rings is 1. The zero-order chi connectivity index (χ0) is 17.5. The topological polar surface area (TPSA) is 56.3 Å². The van der Waals surface area contributed by atoms with Crippen molar-refractivity contribution >= 4 is 5.82 Å². The van der Waals surface area contributed by atoms with Crippen molar-refractivity contribution in [2.75, 3.05) is 11.9 Å². The average molecular weight is 335 g/mol. The quantitative estimate of drug-likeness (QED) is 0.684. The summed E-state index contributed by atoms with van der Waals surface area (Å²) >= 11 is 0. The molecule has 1 aromatic carbocycles. The fourth-order valence-corrected chi connectivity index (χ4v) is 2.34. The Morgan fingerprint density at radius 2 is 1.80 bits per heavy atom. The summed E-state index contributed by atoms with van der Waals surface area (Å²) in [6, 6.07) is 17.3. The molecule has 3 rings (SSSR count). The molecule has 0 saturated heterocycles. The molecule has 5 heteroatoms. The molecule has 25 heavy (non-hydrogen) atoms. The van der Waals surface area contributed by atoms with Crippen molar-refractivity contribution in [3.05, 3.63) is 72.1 Å². The van der Waals surface area contributed by atoms with E-state index in [0.717, 1.165) is 28.6 Å². The van der Waals surface area contributed by atoms with Gasteiger partial charge in [-0.3, -0.25) is 0 Å². The van der Waals surface area contributed by atoms with E-state index in [4.69, 9.17) is 9.47 Å². The van der Waals surface area contributed by atoms with Crippen molar-refractivity contribution in [2.24, 2.45) is 0 Å². The minimum absolute atomic E-state index is 0.556. The van der Waals surface area contributed by atoms with Crippen LogP contribution in [0.1, 0.15) is 18.2 Å². The molecule has 0 bridgehead atoms. The van der Waals surface area contributed by atoms with Crippen LogP contribution >= 0.6 is 0 Å². The van der Waals surface area contributed by atoms with E-state index in [1.54, 1.807) is 6.20 Å². The third-order valence-electron chi connectivity index (χ3n) is 3.52. The summed E-state index contributed by atoms with van der Waals surface area (Å²) < 4.78 is 11.2. The van der Waals surface area contributed by atoms with Gasteiger partial charge in [-0.25, -0.2) is 9.97 Å². The molecule has 0 aliphatic carbocycles. The predicted molar refractivity (Wildman–Crippen MR) is 98.2 cm³/mol. The van der Waals surface area contributed by atoms with Gasteiger partial charge in [-0.05, 0) is 61.9 Å². The molecule has 3 aromatic rings. The molecule has 0 aliphatic rings. The van der Waals surface area contributed by atoms with Crippen molar-refractivity contribution in [2.45, 2.75) is 20.4 Å². The van der Waals surface area contributed by atoms with Crippen LogP contribution < -0.4 is 14.8 Å². The lowest BCUT2D eigenvalue weighted by atomic mass is 10.2. The smallest absolute Gasteiger partial charge is 0.219 e. The van der Waals surface area contributed by atoms with E-state index < -0.39 is 0 Å². The molecule has 0 fully saturated rings. The van der Waals surface area contributed by atoms with Crippen LogP contribution in [0.15, 0.2) is 60.8 Å². The fourth-order valence-electron chi connectivity index (χ4n) is 2.34. The van der Waals surface area contributed by atoms with Crippen molar-refractivity contribution in [1.29, 1.82) is 0 Å². The number of ether oxygens (including phenoxy) is 2. The second-order valence-corrected chi connectivity index (χ2v) is 5.53. The Labute approximate surface area is 147 Å². The predicted octanol–water partition coefficient (Wildman–Crippen LogP) is 4.59. The zero-order valence-corrected chi connectivity index (χ0v) is 14.4. The van der Waals surface area contributed by atoms with E-state index in [9.17, 15) is 0 Å². The lowest BCUT2D eigenvalue weighted by Gasteiger charge is -2.09. The van der Waals surface area contributed by atoms with Crippen molar-refractivity contribution in [3.8, 4) is 17.4 Å². The van der Waals surface area contributed by atoms with E-state index in [0.29, 0.717) is 19.0 Å². The van der Waals surface area contributed by atoms with Crippen molar-refractivity contribution < 1.29 is 9.47 Å². The van der Waals surface area contributed by atoms with E-state index in [-0.39, 0.29) is 0 Å². The van der Waals surface area contributed by atoms with Crippen LogP contribution in [0.5, 0.6) is 17.4 Å². The van der Waals surface area contributed by atoms with Gasteiger partial charge in [0.15, 0.2) is 0 Å². The molecule has 0 aliphatic heterocycles. The van der Waals surface area contributed by atoms with Gasteiger partial charge in [0.05, 0.1) is 6.61 Å². The molecular formula is C20H21N3O2. The number of aryl methyl sites for hydroxylation is 1. The lowest BCUT2D eigenvalue weighted by Crippen LogP contribution is -2.02. The van der Waals surface area contributed by atoms with Crippen LogP contribution in [0.3, 0.4) is 0 Å². The second kappa shape index (κ2) is 8.15. The number of hydrogen-bond acceptors (Lipinski definition) is 5. The molecule has 0 atom stereocenters. The monoisotopic (exact) mass is 335 g/mol. The average Bonchev–Trinajstić information content (AvgIpc) is 2.62. The van der Waals surface area contributed by atoms with Gasteiger partial charge in [0.2, 0.25) is 5.88 Å². The molecule has 2 aromatic heterocycles. The van der Waals surface area contributed by atoms with Gasteiger partial charge >= 0.3 is 0 Å². The molecular weight excluding hydrogens is 314 g/mol. The maximum Gasteiger partial charge on any atom is 0.219 e. The number of pyridine rings is 2. The van der Waals surface area contributed by atoms with E-state index >= 15 is 0 Å². The molecule has 2 heterocycles. The standard InChI is InChI=1S/C20H21N3O2/c1-3-24-17-7-9-18(10-8-17)25-20-13-16(11-12-21-20)14-22-19-6-4-5-15(2)23-19/h4-13H,3,14H2,1-2H3,(H,22,23). The summed E-state index contributed by atoms with van der Waals surface area (Å²) in [6.45, 7) is 5.23. The summed E-state index contributed by atoms with van der Waals surface area (Å²) in [5.74, 6) is 2.96. The minimum Gasteiger partial charge on any atom is -0.494 e. The highest BCUT2D eigenvalue weighted by atomic mass is 16.5. The highest BCUT2D eigenvalue weighted by Crippen LogP contribution is 2.23. The summed E-state index contributed by atoms with van der Waals surface area (Å²) in [4.78, 5) is 8.70. The van der Waals surface area contributed by atoms with Gasteiger partial charge in [-0.1, -0.05) is 6.07 Å². The highest BCUT2D eigenvalue weighted by Gasteiger charge is 2.02. The summed E-state index contributed by atoms with van der Waals surface area (Å²) in [6.07, 6.45) is 1.74. The number of nitrogens with zero attached hydrogens (tertiary/aromatic N) is 2. The maximum atomic E-state index is 5.81. The van der Waals surface area contributed by atoms with Gasteiger partial charge in [-0.2, -0.15) is 0 Å². The summed E-state index contributed by atoms with van der Waals surface area (Å²) in [5, 5.41) is 3.30. The fraction of sp³-hybridized carbons (Fsp3) is 0.200.